The largest absolute Gasteiger partial charge is 0.458 e. The van der Waals surface area contributed by atoms with E-state index in [1.165, 1.54) is 0 Å². The van der Waals surface area contributed by atoms with Gasteiger partial charge in [-0.25, -0.2) is 4.79 Å². The van der Waals surface area contributed by atoms with Crippen LogP contribution in [0.25, 0.3) is 0 Å². The van der Waals surface area contributed by atoms with Gasteiger partial charge in [-0.2, -0.15) is 0 Å². The van der Waals surface area contributed by atoms with Gasteiger partial charge in [0.25, 0.3) is 0 Å². The number of ether oxygens (including phenoxy) is 1. The molecule has 0 bridgehead atoms. The van der Waals surface area contributed by atoms with Crippen molar-refractivity contribution in [1.82, 2.24) is 0 Å². The third-order valence-corrected chi connectivity index (χ3v) is 1.99. The minimum Gasteiger partial charge on any atom is -0.458 e. The summed E-state index contributed by atoms with van der Waals surface area (Å²) in [5.41, 5.74) is 1.68. The highest BCUT2D eigenvalue weighted by Gasteiger charge is 2.05. The standard InChI is InChI=1S/C13H16O2/c1-3-7-11(2)10-15-13(14)12-8-5-4-6-9-12/h4-9H,3,10H2,1-2H3/b11-7-. The highest BCUT2D eigenvalue weighted by atomic mass is 16.5. The molecule has 0 aliphatic carbocycles. The molecule has 0 atom stereocenters. The number of esters is 1. The number of carbonyl (C=O) groups excluding carboxylic acids is 1. The van der Waals surface area contributed by atoms with Crippen LogP contribution in [0.3, 0.4) is 0 Å². The van der Waals surface area contributed by atoms with Gasteiger partial charge in [-0.3, -0.25) is 0 Å². The molecule has 0 N–H and O–H groups in total. The lowest BCUT2D eigenvalue weighted by Gasteiger charge is -2.04. The number of allylic oxidation sites excluding steroid dienone is 1. The van der Waals surface area contributed by atoms with Gasteiger partial charge in [0.1, 0.15) is 6.61 Å². The lowest BCUT2D eigenvalue weighted by atomic mass is 10.2. The van der Waals surface area contributed by atoms with Crippen LogP contribution >= 0.6 is 0 Å². The molecule has 0 aliphatic heterocycles. The fourth-order valence-corrected chi connectivity index (χ4v) is 1.24. The molecule has 1 aromatic rings. The zero-order valence-corrected chi connectivity index (χ0v) is 9.19. The molecule has 1 rings (SSSR count). The molecular weight excluding hydrogens is 188 g/mol. The van der Waals surface area contributed by atoms with E-state index >= 15 is 0 Å². The van der Waals surface area contributed by atoms with Crippen LogP contribution in [0, 0.1) is 0 Å². The maximum absolute atomic E-state index is 11.5. The van der Waals surface area contributed by atoms with Crippen molar-refractivity contribution < 1.29 is 9.53 Å². The summed E-state index contributed by atoms with van der Waals surface area (Å²) >= 11 is 0. The van der Waals surface area contributed by atoms with Crippen molar-refractivity contribution >= 4 is 5.97 Å². The number of rotatable bonds is 4. The Labute approximate surface area is 90.6 Å². The Kier molecular flexibility index (Phi) is 4.61. The van der Waals surface area contributed by atoms with Crippen LogP contribution in [0.15, 0.2) is 42.0 Å². The Hall–Kier alpha value is -1.57. The quantitative estimate of drug-likeness (QED) is 0.556. The topological polar surface area (TPSA) is 26.3 Å². The van der Waals surface area contributed by atoms with E-state index in [0.29, 0.717) is 12.2 Å². The smallest absolute Gasteiger partial charge is 0.338 e. The van der Waals surface area contributed by atoms with E-state index in [1.807, 2.05) is 25.1 Å². The van der Waals surface area contributed by atoms with Gasteiger partial charge in [-0.1, -0.05) is 31.2 Å². The minimum absolute atomic E-state index is 0.264. The van der Waals surface area contributed by atoms with Crippen molar-refractivity contribution in [2.24, 2.45) is 0 Å². The molecule has 0 saturated carbocycles. The predicted octanol–water partition coefficient (Wildman–Crippen LogP) is 3.20. The third kappa shape index (κ3) is 3.98. The molecule has 0 spiro atoms. The summed E-state index contributed by atoms with van der Waals surface area (Å²) in [6.07, 6.45) is 3.02. The van der Waals surface area contributed by atoms with Gasteiger partial charge >= 0.3 is 5.97 Å². The molecule has 0 amide bonds. The van der Waals surface area contributed by atoms with E-state index in [4.69, 9.17) is 4.74 Å². The van der Waals surface area contributed by atoms with E-state index < -0.39 is 0 Å². The molecular formula is C13H16O2. The summed E-state index contributed by atoms with van der Waals surface area (Å²) in [4.78, 5) is 11.5. The van der Waals surface area contributed by atoms with E-state index in [0.717, 1.165) is 12.0 Å². The Morgan fingerprint density at radius 1 is 1.33 bits per heavy atom. The van der Waals surface area contributed by atoms with Gasteiger partial charge in [0, 0.05) is 0 Å². The summed E-state index contributed by atoms with van der Waals surface area (Å²) in [7, 11) is 0. The monoisotopic (exact) mass is 204 g/mol. The van der Waals surface area contributed by atoms with Gasteiger partial charge in [-0.05, 0) is 31.1 Å². The molecule has 0 radical (unpaired) electrons. The summed E-state index contributed by atoms with van der Waals surface area (Å²) in [5.74, 6) is -0.264. The van der Waals surface area contributed by atoms with Gasteiger partial charge in [0.15, 0.2) is 0 Å². The maximum atomic E-state index is 11.5. The molecule has 2 heteroatoms. The molecule has 80 valence electrons. The zero-order chi connectivity index (χ0) is 11.1. The molecule has 0 aliphatic rings. The fraction of sp³-hybridized carbons (Fsp3) is 0.308. The van der Waals surface area contributed by atoms with Crippen LogP contribution < -0.4 is 0 Å². The van der Waals surface area contributed by atoms with Crippen molar-refractivity contribution in [1.29, 1.82) is 0 Å². The van der Waals surface area contributed by atoms with Crippen LogP contribution in [0.2, 0.25) is 0 Å². The second-order valence-corrected chi connectivity index (χ2v) is 3.40. The van der Waals surface area contributed by atoms with E-state index in [1.54, 1.807) is 12.1 Å². The molecule has 0 heterocycles. The first-order valence-corrected chi connectivity index (χ1v) is 5.12. The maximum Gasteiger partial charge on any atom is 0.338 e. The van der Waals surface area contributed by atoms with Crippen molar-refractivity contribution in [3.05, 3.63) is 47.5 Å². The molecule has 15 heavy (non-hydrogen) atoms. The van der Waals surface area contributed by atoms with Gasteiger partial charge in [-0.15, -0.1) is 0 Å². The Morgan fingerprint density at radius 3 is 2.60 bits per heavy atom. The highest BCUT2D eigenvalue weighted by molar-refractivity contribution is 5.89. The fourth-order valence-electron chi connectivity index (χ4n) is 1.24. The van der Waals surface area contributed by atoms with Crippen molar-refractivity contribution in [3.63, 3.8) is 0 Å². The first-order valence-electron chi connectivity index (χ1n) is 5.12. The SMILES string of the molecule is CC/C=C(/C)COC(=O)c1ccccc1. The molecule has 0 unspecified atom stereocenters. The van der Waals surface area contributed by atoms with E-state index in [2.05, 4.69) is 13.0 Å². The number of hydrogen-bond donors (Lipinski definition) is 0. The van der Waals surface area contributed by atoms with Crippen LogP contribution in [0.5, 0.6) is 0 Å². The highest BCUT2D eigenvalue weighted by Crippen LogP contribution is 2.03. The Balaban J connectivity index is 2.47. The molecule has 0 fully saturated rings. The van der Waals surface area contributed by atoms with E-state index in [-0.39, 0.29) is 5.97 Å². The van der Waals surface area contributed by atoms with E-state index in [9.17, 15) is 4.79 Å². The van der Waals surface area contributed by atoms with Crippen LogP contribution in [0.4, 0.5) is 0 Å². The number of carbonyl (C=O) groups is 1. The second kappa shape index (κ2) is 6.02. The van der Waals surface area contributed by atoms with Crippen molar-refractivity contribution in [2.75, 3.05) is 6.61 Å². The molecule has 0 saturated heterocycles. The third-order valence-electron chi connectivity index (χ3n) is 1.99. The predicted molar refractivity (Wildman–Crippen MR) is 60.8 cm³/mol. The normalized spacial score (nSPS) is 11.2. The molecule has 2 nitrogen and oxygen atoms in total. The summed E-state index contributed by atoms with van der Waals surface area (Å²) in [5, 5.41) is 0. The second-order valence-electron chi connectivity index (χ2n) is 3.40. The van der Waals surface area contributed by atoms with Gasteiger partial charge in [0.2, 0.25) is 0 Å². The lowest BCUT2D eigenvalue weighted by molar-refractivity contribution is 0.0540. The summed E-state index contributed by atoms with van der Waals surface area (Å²) in [6, 6.07) is 9.03. The average molecular weight is 204 g/mol. The Bertz CT molecular complexity index is 339. The lowest BCUT2D eigenvalue weighted by Crippen LogP contribution is -2.06. The number of benzene rings is 1. The molecule has 1 aromatic carbocycles. The molecule has 0 aromatic heterocycles. The van der Waals surface area contributed by atoms with Gasteiger partial charge in [0.05, 0.1) is 5.56 Å². The zero-order valence-electron chi connectivity index (χ0n) is 9.19. The Morgan fingerprint density at radius 2 is 2.00 bits per heavy atom. The van der Waals surface area contributed by atoms with Crippen LogP contribution in [-0.4, -0.2) is 12.6 Å². The van der Waals surface area contributed by atoms with Crippen LogP contribution in [0.1, 0.15) is 30.6 Å². The summed E-state index contributed by atoms with van der Waals surface area (Å²) in [6.45, 7) is 4.39. The van der Waals surface area contributed by atoms with Crippen LogP contribution in [-0.2, 0) is 4.74 Å². The first kappa shape index (κ1) is 11.5. The first-order chi connectivity index (χ1) is 7.24. The van der Waals surface area contributed by atoms with Gasteiger partial charge < -0.3 is 4.74 Å². The minimum atomic E-state index is -0.264. The van der Waals surface area contributed by atoms with Crippen molar-refractivity contribution in [2.45, 2.75) is 20.3 Å². The number of hydrogen-bond acceptors (Lipinski definition) is 2. The summed E-state index contributed by atoms with van der Waals surface area (Å²) < 4.78 is 5.14. The van der Waals surface area contributed by atoms with Crippen molar-refractivity contribution in [3.8, 4) is 0 Å². The average Bonchev–Trinajstić information content (AvgIpc) is 2.27.